The fourth-order valence-electron chi connectivity index (χ4n) is 1.60. The molecule has 0 aromatic heterocycles. The number of amides is 2. The summed E-state index contributed by atoms with van der Waals surface area (Å²) < 4.78 is 0.949. The fourth-order valence-corrected chi connectivity index (χ4v) is 2.22. The lowest BCUT2D eigenvalue weighted by molar-refractivity contribution is 0.251. The second kappa shape index (κ2) is 6.63. The van der Waals surface area contributed by atoms with E-state index in [2.05, 4.69) is 26.6 Å². The van der Waals surface area contributed by atoms with Crippen LogP contribution in [0.2, 0.25) is 5.02 Å². The Morgan fingerprint density at radius 1 is 1.25 bits per heavy atom. The van der Waals surface area contributed by atoms with Crippen molar-refractivity contribution in [1.29, 1.82) is 0 Å². The van der Waals surface area contributed by atoms with E-state index >= 15 is 0 Å². The van der Waals surface area contributed by atoms with Crippen molar-refractivity contribution in [2.45, 2.75) is 6.54 Å². The van der Waals surface area contributed by atoms with E-state index in [0.717, 1.165) is 10.0 Å². The molecule has 0 spiro atoms. The van der Waals surface area contributed by atoms with Gasteiger partial charge in [-0.25, -0.2) is 4.79 Å². The molecule has 6 heteroatoms. The zero-order chi connectivity index (χ0) is 14.5. The van der Waals surface area contributed by atoms with E-state index in [-0.39, 0.29) is 11.4 Å². The van der Waals surface area contributed by atoms with Crippen molar-refractivity contribution < 1.29 is 9.90 Å². The maximum absolute atomic E-state index is 11.7. The average molecular weight is 356 g/mol. The van der Waals surface area contributed by atoms with Crippen LogP contribution in [0.3, 0.4) is 0 Å². The highest BCUT2D eigenvalue weighted by Gasteiger charge is 2.06. The van der Waals surface area contributed by atoms with Gasteiger partial charge < -0.3 is 15.7 Å². The number of halogens is 2. The van der Waals surface area contributed by atoms with Gasteiger partial charge in [0.1, 0.15) is 5.75 Å². The number of rotatable bonds is 3. The Hall–Kier alpha value is -1.72. The summed E-state index contributed by atoms with van der Waals surface area (Å²) in [5, 5.41) is 15.3. The number of phenols is 1. The Morgan fingerprint density at radius 2 is 2.05 bits per heavy atom. The normalized spacial score (nSPS) is 10.1. The van der Waals surface area contributed by atoms with Crippen molar-refractivity contribution in [3.05, 3.63) is 57.5 Å². The zero-order valence-corrected chi connectivity index (χ0v) is 12.7. The highest BCUT2D eigenvalue weighted by atomic mass is 79.9. The van der Waals surface area contributed by atoms with Gasteiger partial charge in [-0.1, -0.05) is 39.7 Å². The Labute approximate surface area is 129 Å². The molecule has 2 aromatic rings. The van der Waals surface area contributed by atoms with Gasteiger partial charge in [0.2, 0.25) is 0 Å². The number of phenolic OH excluding ortho intramolecular Hbond substituents is 1. The van der Waals surface area contributed by atoms with Gasteiger partial charge >= 0.3 is 6.03 Å². The van der Waals surface area contributed by atoms with E-state index in [4.69, 9.17) is 11.6 Å². The first kappa shape index (κ1) is 14.7. The first-order chi connectivity index (χ1) is 9.54. The van der Waals surface area contributed by atoms with E-state index in [9.17, 15) is 9.90 Å². The highest BCUT2D eigenvalue weighted by molar-refractivity contribution is 9.10. The van der Waals surface area contributed by atoms with E-state index in [1.54, 1.807) is 6.07 Å². The van der Waals surface area contributed by atoms with Crippen LogP contribution in [0, 0.1) is 0 Å². The molecule has 2 aromatic carbocycles. The van der Waals surface area contributed by atoms with Crippen LogP contribution in [-0.2, 0) is 6.54 Å². The molecule has 3 N–H and O–H groups in total. The van der Waals surface area contributed by atoms with E-state index in [1.807, 2.05) is 24.3 Å². The summed E-state index contributed by atoms with van der Waals surface area (Å²) in [6, 6.07) is 11.7. The third-order valence-electron chi connectivity index (χ3n) is 2.55. The Bertz CT molecular complexity index is 634. The predicted molar refractivity (Wildman–Crippen MR) is 83.1 cm³/mol. The number of nitrogens with one attached hydrogen (secondary N) is 2. The van der Waals surface area contributed by atoms with E-state index in [1.165, 1.54) is 12.1 Å². The van der Waals surface area contributed by atoms with Crippen LogP contribution in [0.4, 0.5) is 10.5 Å². The Kier molecular flexibility index (Phi) is 4.87. The van der Waals surface area contributed by atoms with Crippen LogP contribution in [0.1, 0.15) is 5.56 Å². The van der Waals surface area contributed by atoms with Gasteiger partial charge in [-0.3, -0.25) is 0 Å². The molecule has 0 saturated carbocycles. The standard InChI is InChI=1S/C14H12BrClN2O2/c15-10-3-1-2-9(6-10)8-17-14(20)18-12-7-11(16)4-5-13(12)19/h1-7,19H,8H2,(H2,17,18,20). The molecule has 20 heavy (non-hydrogen) atoms. The van der Waals surface area contributed by atoms with Gasteiger partial charge in [0.15, 0.2) is 0 Å². The van der Waals surface area contributed by atoms with Gasteiger partial charge in [-0.2, -0.15) is 0 Å². The van der Waals surface area contributed by atoms with Crippen molar-refractivity contribution in [3.63, 3.8) is 0 Å². The number of hydrogen-bond donors (Lipinski definition) is 3. The number of carbonyl (C=O) groups is 1. The number of benzene rings is 2. The Morgan fingerprint density at radius 3 is 2.80 bits per heavy atom. The monoisotopic (exact) mass is 354 g/mol. The number of hydrogen-bond acceptors (Lipinski definition) is 2. The van der Waals surface area contributed by atoms with E-state index < -0.39 is 6.03 Å². The largest absolute Gasteiger partial charge is 0.506 e. The second-order valence-corrected chi connectivity index (χ2v) is 5.45. The van der Waals surface area contributed by atoms with Crippen molar-refractivity contribution in [2.75, 3.05) is 5.32 Å². The number of urea groups is 1. The lowest BCUT2D eigenvalue weighted by atomic mass is 10.2. The summed E-state index contributed by atoms with van der Waals surface area (Å²) in [6.45, 7) is 0.382. The molecule has 0 aliphatic carbocycles. The second-order valence-electron chi connectivity index (χ2n) is 4.10. The van der Waals surface area contributed by atoms with Gasteiger partial charge in [0.25, 0.3) is 0 Å². The molecule has 2 rings (SSSR count). The minimum absolute atomic E-state index is 0.0352. The molecule has 2 amide bonds. The molecule has 0 unspecified atom stereocenters. The smallest absolute Gasteiger partial charge is 0.319 e. The molecule has 0 saturated heterocycles. The van der Waals surface area contributed by atoms with Crippen LogP contribution < -0.4 is 10.6 Å². The molecule has 0 atom stereocenters. The number of anilines is 1. The molecule has 0 radical (unpaired) electrons. The molecule has 0 fully saturated rings. The fraction of sp³-hybridized carbons (Fsp3) is 0.0714. The maximum Gasteiger partial charge on any atom is 0.319 e. The molecule has 0 heterocycles. The average Bonchev–Trinajstić information content (AvgIpc) is 2.41. The van der Waals surface area contributed by atoms with Gasteiger partial charge in [-0.05, 0) is 35.9 Å². The lowest BCUT2D eigenvalue weighted by Crippen LogP contribution is -2.28. The molecule has 4 nitrogen and oxygen atoms in total. The minimum Gasteiger partial charge on any atom is -0.506 e. The van der Waals surface area contributed by atoms with Crippen LogP contribution in [0.25, 0.3) is 0 Å². The molecule has 0 bridgehead atoms. The van der Waals surface area contributed by atoms with Gasteiger partial charge in [0, 0.05) is 16.0 Å². The van der Waals surface area contributed by atoms with Crippen LogP contribution in [0.5, 0.6) is 5.75 Å². The maximum atomic E-state index is 11.7. The van der Waals surface area contributed by atoms with Crippen molar-refractivity contribution >= 4 is 39.2 Å². The molecule has 104 valence electrons. The summed E-state index contributed by atoms with van der Waals surface area (Å²) in [7, 11) is 0. The summed E-state index contributed by atoms with van der Waals surface area (Å²) in [6.07, 6.45) is 0. The minimum atomic E-state index is -0.414. The molecule has 0 aliphatic heterocycles. The summed E-state index contributed by atoms with van der Waals surface area (Å²) in [5.41, 5.74) is 1.23. The van der Waals surface area contributed by atoms with Crippen LogP contribution in [0.15, 0.2) is 46.9 Å². The van der Waals surface area contributed by atoms with E-state index in [0.29, 0.717) is 11.6 Å². The van der Waals surface area contributed by atoms with Crippen molar-refractivity contribution in [2.24, 2.45) is 0 Å². The molecular formula is C14H12BrClN2O2. The van der Waals surface area contributed by atoms with Gasteiger partial charge in [0.05, 0.1) is 5.69 Å². The first-order valence-corrected chi connectivity index (χ1v) is 6.99. The quantitative estimate of drug-likeness (QED) is 0.725. The van der Waals surface area contributed by atoms with Crippen LogP contribution >= 0.6 is 27.5 Å². The Balaban J connectivity index is 1.94. The topological polar surface area (TPSA) is 61.4 Å². The SMILES string of the molecule is O=C(NCc1cccc(Br)c1)Nc1cc(Cl)ccc1O. The third-order valence-corrected chi connectivity index (χ3v) is 3.28. The summed E-state index contributed by atoms with van der Waals surface area (Å²) in [5.74, 6) is -0.0352. The van der Waals surface area contributed by atoms with Crippen molar-refractivity contribution in [3.8, 4) is 5.75 Å². The molecular weight excluding hydrogens is 344 g/mol. The predicted octanol–water partition coefficient (Wildman–Crippen LogP) is 4.13. The number of carbonyl (C=O) groups excluding carboxylic acids is 1. The summed E-state index contributed by atoms with van der Waals surface area (Å²) in [4.78, 5) is 11.7. The highest BCUT2D eigenvalue weighted by Crippen LogP contribution is 2.26. The summed E-state index contributed by atoms with van der Waals surface area (Å²) >= 11 is 9.17. The third kappa shape index (κ3) is 4.15. The number of aromatic hydroxyl groups is 1. The zero-order valence-electron chi connectivity index (χ0n) is 10.4. The lowest BCUT2D eigenvalue weighted by Gasteiger charge is -2.09. The van der Waals surface area contributed by atoms with Crippen LogP contribution in [-0.4, -0.2) is 11.1 Å². The van der Waals surface area contributed by atoms with Crippen molar-refractivity contribution in [1.82, 2.24) is 5.32 Å². The van der Waals surface area contributed by atoms with Gasteiger partial charge in [-0.15, -0.1) is 0 Å². The molecule has 0 aliphatic rings. The first-order valence-electron chi connectivity index (χ1n) is 5.82.